The van der Waals surface area contributed by atoms with Crippen LogP contribution >= 0.6 is 23.2 Å². The van der Waals surface area contributed by atoms with Crippen molar-refractivity contribution in [3.63, 3.8) is 0 Å². The molecule has 2 atom stereocenters. The van der Waals surface area contributed by atoms with Gasteiger partial charge in [-0.1, -0.05) is 35.3 Å². The topological polar surface area (TPSA) is 77.2 Å². The molecule has 2 fully saturated rings. The van der Waals surface area contributed by atoms with Gasteiger partial charge in [0, 0.05) is 87.2 Å². The summed E-state index contributed by atoms with van der Waals surface area (Å²) in [7, 11) is 1.65. The predicted octanol–water partition coefficient (Wildman–Crippen LogP) is 2.95. The summed E-state index contributed by atoms with van der Waals surface area (Å²) in [6, 6.07) is 9.64. The number of carbonyl (C=O) groups is 2. The van der Waals surface area contributed by atoms with Gasteiger partial charge in [0.05, 0.1) is 12.6 Å². The van der Waals surface area contributed by atoms with Crippen LogP contribution in [0.25, 0.3) is 0 Å². The van der Waals surface area contributed by atoms with Crippen LogP contribution < -0.4 is 15.5 Å². The Labute approximate surface area is 239 Å². The Bertz CT molecular complexity index is 1160. The van der Waals surface area contributed by atoms with Gasteiger partial charge in [0.25, 0.3) is 0 Å². The first kappa shape index (κ1) is 29.6. The Kier molecular flexibility index (Phi) is 10.4. The van der Waals surface area contributed by atoms with Crippen molar-refractivity contribution in [1.29, 1.82) is 0 Å². The average Bonchev–Trinajstić information content (AvgIpc) is 2.93. The number of carbonyl (C=O) groups excluding carboxylic acids is 2. The van der Waals surface area contributed by atoms with Crippen LogP contribution in [0.2, 0.25) is 10.0 Å². The standard InChI is InChI=1S/C28H36Cl2FN5O3/c1-19(39-2)16-33-17-22-24(31)4-3-5-25(22)34-10-12-35(13-11-34)28(38)26(36-9-8-32-18-27(36)37)14-20-6-7-21(29)15-23(20)30/h3-7,15,19,26,32-33H,8-14,16-18H2,1-2H3. The number of methoxy groups -OCH3 is 1. The first-order valence-corrected chi connectivity index (χ1v) is 14.0. The Morgan fingerprint density at radius 1 is 1.15 bits per heavy atom. The van der Waals surface area contributed by atoms with Crippen molar-refractivity contribution in [3.8, 4) is 0 Å². The maximum atomic E-state index is 14.8. The van der Waals surface area contributed by atoms with E-state index in [0.717, 1.165) is 11.3 Å². The molecule has 2 aliphatic heterocycles. The van der Waals surface area contributed by atoms with Gasteiger partial charge in [-0.25, -0.2) is 4.39 Å². The Hall–Kier alpha value is -2.43. The average molecular weight is 581 g/mol. The summed E-state index contributed by atoms with van der Waals surface area (Å²) in [5.74, 6) is -0.477. The molecule has 2 heterocycles. The maximum Gasteiger partial charge on any atom is 0.245 e. The van der Waals surface area contributed by atoms with Gasteiger partial charge in [0.1, 0.15) is 11.9 Å². The molecule has 2 N–H and O–H groups in total. The fraction of sp³-hybridized carbons (Fsp3) is 0.500. The number of benzene rings is 2. The molecule has 212 valence electrons. The predicted molar refractivity (Wildman–Crippen MR) is 152 cm³/mol. The highest BCUT2D eigenvalue weighted by Gasteiger charge is 2.36. The fourth-order valence-electron chi connectivity index (χ4n) is 5.06. The number of piperazine rings is 2. The third-order valence-corrected chi connectivity index (χ3v) is 7.96. The van der Waals surface area contributed by atoms with Crippen LogP contribution in [0.4, 0.5) is 10.1 Å². The Balaban J connectivity index is 1.46. The van der Waals surface area contributed by atoms with Crippen LogP contribution in [0.5, 0.6) is 0 Å². The van der Waals surface area contributed by atoms with Crippen molar-refractivity contribution in [2.24, 2.45) is 0 Å². The summed E-state index contributed by atoms with van der Waals surface area (Å²) in [5, 5.41) is 7.32. The van der Waals surface area contributed by atoms with Gasteiger partial charge >= 0.3 is 0 Å². The lowest BCUT2D eigenvalue weighted by Crippen LogP contribution is -2.60. The normalized spacial score (nSPS) is 17.9. The summed E-state index contributed by atoms with van der Waals surface area (Å²) in [4.78, 5) is 32.2. The van der Waals surface area contributed by atoms with Crippen LogP contribution in [-0.2, 0) is 27.3 Å². The molecule has 0 aromatic heterocycles. The van der Waals surface area contributed by atoms with Crippen LogP contribution in [-0.4, -0.2) is 93.2 Å². The molecule has 8 nitrogen and oxygen atoms in total. The molecule has 2 aromatic carbocycles. The molecule has 0 bridgehead atoms. The van der Waals surface area contributed by atoms with Gasteiger partial charge in [-0.05, 0) is 36.8 Å². The molecule has 0 aliphatic carbocycles. The second-order valence-corrected chi connectivity index (χ2v) is 10.8. The Morgan fingerprint density at radius 3 is 2.62 bits per heavy atom. The van der Waals surface area contributed by atoms with E-state index in [0.29, 0.717) is 74.4 Å². The molecule has 0 radical (unpaired) electrons. The summed E-state index contributed by atoms with van der Waals surface area (Å²) < 4.78 is 20.1. The molecule has 2 unspecified atom stereocenters. The SMILES string of the molecule is COC(C)CNCc1c(F)cccc1N1CCN(C(=O)C(Cc2ccc(Cl)cc2Cl)N2CCNCC2=O)CC1. The fourth-order valence-corrected chi connectivity index (χ4v) is 5.54. The molecule has 39 heavy (non-hydrogen) atoms. The van der Waals surface area contributed by atoms with Crippen molar-refractivity contribution in [2.45, 2.75) is 32.0 Å². The molecular formula is C28H36Cl2FN5O3. The summed E-state index contributed by atoms with van der Waals surface area (Å²) in [5.41, 5.74) is 2.19. The zero-order chi connectivity index (χ0) is 27.9. The van der Waals surface area contributed by atoms with Gasteiger partial charge in [-0.15, -0.1) is 0 Å². The van der Waals surface area contributed by atoms with Crippen LogP contribution in [0.15, 0.2) is 36.4 Å². The highest BCUT2D eigenvalue weighted by atomic mass is 35.5. The largest absolute Gasteiger partial charge is 0.380 e. The molecule has 0 saturated carbocycles. The van der Waals surface area contributed by atoms with Crippen molar-refractivity contribution < 1.29 is 18.7 Å². The molecular weight excluding hydrogens is 544 g/mol. The molecule has 2 aromatic rings. The summed E-state index contributed by atoms with van der Waals surface area (Å²) in [6.45, 7) is 6.25. The number of halogens is 3. The van der Waals surface area contributed by atoms with E-state index in [4.69, 9.17) is 27.9 Å². The third kappa shape index (κ3) is 7.41. The number of hydrogen-bond donors (Lipinski definition) is 2. The number of rotatable bonds is 10. The Morgan fingerprint density at radius 2 is 1.92 bits per heavy atom. The maximum absolute atomic E-state index is 14.8. The number of nitrogens with zero attached hydrogens (tertiary/aromatic N) is 3. The van der Waals surface area contributed by atoms with Gasteiger partial charge in [0.15, 0.2) is 0 Å². The number of anilines is 1. The number of hydrogen-bond acceptors (Lipinski definition) is 6. The van der Waals surface area contributed by atoms with Gasteiger partial charge in [-0.3, -0.25) is 9.59 Å². The first-order valence-electron chi connectivity index (χ1n) is 13.3. The van der Waals surface area contributed by atoms with E-state index in [1.165, 1.54) is 6.07 Å². The van der Waals surface area contributed by atoms with E-state index in [9.17, 15) is 14.0 Å². The smallest absolute Gasteiger partial charge is 0.245 e. The monoisotopic (exact) mass is 579 g/mol. The third-order valence-electron chi connectivity index (χ3n) is 7.38. The van der Waals surface area contributed by atoms with E-state index >= 15 is 0 Å². The quantitative estimate of drug-likeness (QED) is 0.450. The molecule has 2 saturated heterocycles. The zero-order valence-corrected chi connectivity index (χ0v) is 23.9. The lowest BCUT2D eigenvalue weighted by atomic mass is 10.0. The molecule has 11 heteroatoms. The molecule has 4 rings (SSSR count). The lowest BCUT2D eigenvalue weighted by Gasteiger charge is -2.41. The van der Waals surface area contributed by atoms with E-state index in [2.05, 4.69) is 15.5 Å². The highest BCUT2D eigenvalue weighted by molar-refractivity contribution is 6.35. The van der Waals surface area contributed by atoms with Crippen molar-refractivity contribution in [1.82, 2.24) is 20.4 Å². The minimum Gasteiger partial charge on any atom is -0.380 e. The number of nitrogens with one attached hydrogen (secondary N) is 2. The van der Waals surface area contributed by atoms with E-state index in [1.807, 2.05) is 19.1 Å². The second-order valence-electron chi connectivity index (χ2n) is 9.95. The summed E-state index contributed by atoms with van der Waals surface area (Å²) in [6.07, 6.45) is 0.327. The van der Waals surface area contributed by atoms with E-state index in [1.54, 1.807) is 35.1 Å². The number of ether oxygens (including phenoxy) is 1. The summed E-state index contributed by atoms with van der Waals surface area (Å²) >= 11 is 12.5. The molecule has 2 amide bonds. The van der Waals surface area contributed by atoms with E-state index in [-0.39, 0.29) is 30.3 Å². The minimum absolute atomic E-state index is 0.0213. The van der Waals surface area contributed by atoms with E-state index < -0.39 is 6.04 Å². The van der Waals surface area contributed by atoms with Crippen molar-refractivity contribution in [3.05, 3.63) is 63.4 Å². The van der Waals surface area contributed by atoms with Gasteiger partial charge in [0.2, 0.25) is 11.8 Å². The second kappa shape index (κ2) is 13.8. The zero-order valence-electron chi connectivity index (χ0n) is 22.4. The van der Waals surface area contributed by atoms with Crippen molar-refractivity contribution in [2.75, 3.05) is 64.4 Å². The van der Waals surface area contributed by atoms with Crippen LogP contribution in [0, 0.1) is 5.82 Å². The minimum atomic E-state index is -0.665. The molecule has 2 aliphatic rings. The molecule has 0 spiro atoms. The van der Waals surface area contributed by atoms with Gasteiger partial charge in [-0.2, -0.15) is 0 Å². The highest BCUT2D eigenvalue weighted by Crippen LogP contribution is 2.27. The first-order chi connectivity index (χ1) is 18.8. The number of amides is 2. The van der Waals surface area contributed by atoms with Gasteiger partial charge < -0.3 is 30.1 Å². The van der Waals surface area contributed by atoms with Crippen molar-refractivity contribution >= 4 is 40.7 Å². The lowest BCUT2D eigenvalue weighted by molar-refractivity contribution is -0.146. The van der Waals surface area contributed by atoms with Crippen LogP contribution in [0.3, 0.4) is 0 Å². The van der Waals surface area contributed by atoms with Crippen LogP contribution in [0.1, 0.15) is 18.1 Å².